The highest BCUT2D eigenvalue weighted by atomic mass is 16.5. The Kier molecular flexibility index (Phi) is 5.76. The molecule has 1 aromatic carbocycles. The molecule has 1 heterocycles. The molecule has 0 saturated heterocycles. The van der Waals surface area contributed by atoms with Crippen LogP contribution in [0.3, 0.4) is 0 Å². The van der Waals surface area contributed by atoms with E-state index >= 15 is 0 Å². The molecule has 1 aromatic heterocycles. The first-order valence-corrected chi connectivity index (χ1v) is 7.09. The second kappa shape index (κ2) is 8.00. The van der Waals surface area contributed by atoms with Crippen molar-refractivity contribution >= 4 is 23.2 Å². The zero-order valence-corrected chi connectivity index (χ0v) is 13.0. The topological polar surface area (TPSA) is 93.2 Å². The van der Waals surface area contributed by atoms with E-state index in [-0.39, 0.29) is 17.4 Å². The van der Waals surface area contributed by atoms with Gasteiger partial charge < -0.3 is 15.4 Å². The fourth-order valence-electron chi connectivity index (χ4n) is 1.81. The highest BCUT2D eigenvalue weighted by molar-refractivity contribution is 6.03. The Morgan fingerprint density at radius 1 is 1.09 bits per heavy atom. The molecule has 1 amide bonds. The Morgan fingerprint density at radius 2 is 1.83 bits per heavy atom. The number of amides is 1. The fraction of sp³-hybridized carbons (Fsp3) is 0.250. The molecule has 2 aromatic rings. The molecule has 0 fully saturated rings. The van der Waals surface area contributed by atoms with Crippen LogP contribution in [0, 0.1) is 0 Å². The van der Waals surface area contributed by atoms with Crippen LogP contribution in [0.1, 0.15) is 27.8 Å². The van der Waals surface area contributed by atoms with Crippen molar-refractivity contribution in [3.63, 3.8) is 0 Å². The molecule has 7 heteroatoms. The van der Waals surface area contributed by atoms with E-state index in [1.54, 1.807) is 43.5 Å². The molecule has 0 unspecified atom stereocenters. The molecule has 0 aliphatic rings. The number of nitrogens with one attached hydrogen (secondary N) is 2. The molecule has 0 aliphatic heterocycles. The number of ketones is 1. The second-order valence-corrected chi connectivity index (χ2v) is 4.81. The number of benzene rings is 1. The van der Waals surface area contributed by atoms with Gasteiger partial charge in [-0.3, -0.25) is 9.59 Å². The maximum absolute atomic E-state index is 12.1. The van der Waals surface area contributed by atoms with Gasteiger partial charge in [0.25, 0.3) is 5.91 Å². The number of nitrogens with zero attached hydrogens (tertiary/aromatic N) is 2. The molecular formula is C16H18N4O3. The number of hydrogen-bond acceptors (Lipinski definition) is 6. The molecule has 0 spiro atoms. The number of hydrogen-bond donors (Lipinski definition) is 2. The molecule has 0 atom stereocenters. The summed E-state index contributed by atoms with van der Waals surface area (Å²) < 4.78 is 4.92. The largest absolute Gasteiger partial charge is 0.383 e. The third-order valence-corrected chi connectivity index (χ3v) is 3.06. The van der Waals surface area contributed by atoms with Crippen LogP contribution in [-0.4, -0.2) is 42.1 Å². The van der Waals surface area contributed by atoms with Crippen molar-refractivity contribution in [3.05, 3.63) is 47.7 Å². The van der Waals surface area contributed by atoms with Crippen molar-refractivity contribution in [2.75, 3.05) is 30.9 Å². The summed E-state index contributed by atoms with van der Waals surface area (Å²) in [6.07, 6.45) is 0. The average molecular weight is 314 g/mol. The number of carbonyl (C=O) groups is 2. The highest BCUT2D eigenvalue weighted by Crippen LogP contribution is 2.11. The number of anilines is 2. The van der Waals surface area contributed by atoms with E-state index in [1.807, 2.05) is 0 Å². The maximum Gasteiger partial charge on any atom is 0.276 e. The summed E-state index contributed by atoms with van der Waals surface area (Å²) in [7, 11) is 1.61. The predicted molar refractivity (Wildman–Crippen MR) is 86.8 cm³/mol. The zero-order valence-electron chi connectivity index (χ0n) is 13.0. The lowest BCUT2D eigenvalue weighted by Gasteiger charge is -2.06. The Balaban J connectivity index is 1.96. The van der Waals surface area contributed by atoms with Gasteiger partial charge in [-0.1, -0.05) is 0 Å². The summed E-state index contributed by atoms with van der Waals surface area (Å²) >= 11 is 0. The first-order chi connectivity index (χ1) is 11.1. The zero-order chi connectivity index (χ0) is 16.7. The van der Waals surface area contributed by atoms with Crippen molar-refractivity contribution in [3.8, 4) is 0 Å². The number of carbonyl (C=O) groups excluding carboxylic acids is 2. The Labute approximate surface area is 134 Å². The maximum atomic E-state index is 12.1. The van der Waals surface area contributed by atoms with Crippen LogP contribution >= 0.6 is 0 Å². The first-order valence-electron chi connectivity index (χ1n) is 7.09. The molecule has 7 nitrogen and oxygen atoms in total. The van der Waals surface area contributed by atoms with Crippen molar-refractivity contribution in [1.29, 1.82) is 0 Å². The summed E-state index contributed by atoms with van der Waals surface area (Å²) in [6, 6.07) is 9.92. The van der Waals surface area contributed by atoms with Crippen LogP contribution in [-0.2, 0) is 4.74 Å². The van der Waals surface area contributed by atoms with Gasteiger partial charge in [0.15, 0.2) is 11.5 Å². The van der Waals surface area contributed by atoms with Gasteiger partial charge in [-0.15, -0.1) is 10.2 Å². The van der Waals surface area contributed by atoms with Gasteiger partial charge in [-0.05, 0) is 43.3 Å². The number of ether oxygens (including phenoxy) is 1. The third-order valence-electron chi connectivity index (χ3n) is 3.06. The molecule has 2 N–H and O–H groups in total. The van der Waals surface area contributed by atoms with Crippen LogP contribution in [0.2, 0.25) is 0 Å². The van der Waals surface area contributed by atoms with Crippen LogP contribution in [0.25, 0.3) is 0 Å². The molecule has 23 heavy (non-hydrogen) atoms. The number of aromatic nitrogens is 2. The van der Waals surface area contributed by atoms with Gasteiger partial charge >= 0.3 is 0 Å². The average Bonchev–Trinajstić information content (AvgIpc) is 2.56. The van der Waals surface area contributed by atoms with E-state index in [0.717, 1.165) is 0 Å². The van der Waals surface area contributed by atoms with Crippen molar-refractivity contribution in [1.82, 2.24) is 10.2 Å². The van der Waals surface area contributed by atoms with Crippen LogP contribution < -0.4 is 10.6 Å². The normalized spacial score (nSPS) is 10.2. The summed E-state index contributed by atoms with van der Waals surface area (Å²) in [4.78, 5) is 23.3. The van der Waals surface area contributed by atoms with Crippen molar-refractivity contribution < 1.29 is 14.3 Å². The fourth-order valence-corrected chi connectivity index (χ4v) is 1.81. The van der Waals surface area contributed by atoms with Gasteiger partial charge in [-0.2, -0.15) is 0 Å². The highest BCUT2D eigenvalue weighted by Gasteiger charge is 2.09. The van der Waals surface area contributed by atoms with Gasteiger partial charge in [0, 0.05) is 24.9 Å². The minimum absolute atomic E-state index is 0.0229. The number of rotatable bonds is 7. The third kappa shape index (κ3) is 4.86. The smallest absolute Gasteiger partial charge is 0.276 e. The molecule has 0 saturated carbocycles. The Bertz CT molecular complexity index is 669. The summed E-state index contributed by atoms with van der Waals surface area (Å²) in [5.74, 6) is 0.186. The van der Waals surface area contributed by atoms with Crippen molar-refractivity contribution in [2.45, 2.75) is 6.92 Å². The van der Waals surface area contributed by atoms with Gasteiger partial charge in [0.05, 0.1) is 6.61 Å². The van der Waals surface area contributed by atoms with E-state index in [4.69, 9.17) is 4.74 Å². The lowest BCUT2D eigenvalue weighted by molar-refractivity contribution is 0.101. The van der Waals surface area contributed by atoms with E-state index < -0.39 is 0 Å². The first kappa shape index (κ1) is 16.6. The molecule has 2 rings (SSSR count). The monoisotopic (exact) mass is 314 g/mol. The minimum Gasteiger partial charge on any atom is -0.383 e. The van der Waals surface area contributed by atoms with E-state index in [9.17, 15) is 9.59 Å². The van der Waals surface area contributed by atoms with Crippen LogP contribution in [0.15, 0.2) is 36.4 Å². The Hall–Kier alpha value is -2.80. The molecule has 0 aliphatic carbocycles. The molecular weight excluding hydrogens is 296 g/mol. The van der Waals surface area contributed by atoms with E-state index in [0.29, 0.717) is 30.2 Å². The summed E-state index contributed by atoms with van der Waals surface area (Å²) in [6.45, 7) is 2.66. The number of Topliss-reactive ketones (excluding diaryl/α,β-unsaturated/α-hetero) is 1. The minimum atomic E-state index is -0.364. The lowest BCUT2D eigenvalue weighted by atomic mass is 10.1. The van der Waals surface area contributed by atoms with Gasteiger partial charge in [0.2, 0.25) is 0 Å². The van der Waals surface area contributed by atoms with E-state index in [2.05, 4.69) is 20.8 Å². The Morgan fingerprint density at radius 3 is 2.39 bits per heavy atom. The number of methoxy groups -OCH3 is 1. The van der Waals surface area contributed by atoms with Crippen molar-refractivity contribution in [2.24, 2.45) is 0 Å². The predicted octanol–water partition coefficient (Wildman–Crippen LogP) is 1.99. The lowest BCUT2D eigenvalue weighted by Crippen LogP contribution is -2.15. The molecule has 0 radical (unpaired) electrons. The SMILES string of the molecule is COCCNc1ccc(C(=O)Nc2ccc(C(C)=O)cc2)nn1. The second-order valence-electron chi connectivity index (χ2n) is 4.81. The quantitative estimate of drug-likeness (QED) is 0.599. The van der Waals surface area contributed by atoms with Crippen LogP contribution in [0.4, 0.5) is 11.5 Å². The van der Waals surface area contributed by atoms with E-state index in [1.165, 1.54) is 6.92 Å². The summed E-state index contributed by atoms with van der Waals surface area (Å²) in [5.41, 5.74) is 1.39. The summed E-state index contributed by atoms with van der Waals surface area (Å²) in [5, 5.41) is 13.5. The van der Waals surface area contributed by atoms with Crippen LogP contribution in [0.5, 0.6) is 0 Å². The molecule has 120 valence electrons. The van der Waals surface area contributed by atoms with Gasteiger partial charge in [0.1, 0.15) is 5.82 Å². The van der Waals surface area contributed by atoms with Gasteiger partial charge in [-0.25, -0.2) is 0 Å². The molecule has 0 bridgehead atoms. The standard InChI is InChI=1S/C16H18N4O3/c1-11(21)12-3-5-13(6-4-12)18-16(22)14-7-8-15(20-19-14)17-9-10-23-2/h3-8H,9-10H2,1-2H3,(H,17,20)(H,18,22).